The Morgan fingerprint density at radius 2 is 2.45 bits per heavy atom. The van der Waals surface area contributed by atoms with Crippen molar-refractivity contribution < 1.29 is 9.18 Å². The van der Waals surface area contributed by atoms with Gasteiger partial charge in [-0.3, -0.25) is 9.78 Å². The number of carbonyl (C=O) groups is 1. The van der Waals surface area contributed by atoms with Crippen LogP contribution in [-0.2, 0) is 0 Å². The van der Waals surface area contributed by atoms with E-state index < -0.39 is 5.82 Å². The van der Waals surface area contributed by atoms with E-state index in [0.717, 1.165) is 38.4 Å². The third-order valence-electron chi connectivity index (χ3n) is 3.67. The number of rotatable bonds is 6. The Balaban J connectivity index is 2.08. The molecule has 1 atom stereocenters. The summed E-state index contributed by atoms with van der Waals surface area (Å²) in [6.45, 7) is 4.42. The number of nitrogens with one attached hydrogen (secondary N) is 1. The molecule has 0 aliphatic carbocycles. The predicted octanol–water partition coefficient (Wildman–Crippen LogP) is 2.21. The highest BCUT2D eigenvalue weighted by Gasteiger charge is 2.23. The molecule has 0 saturated carbocycles. The molecule has 1 unspecified atom stereocenters. The molecule has 110 valence electrons. The second-order valence-corrected chi connectivity index (χ2v) is 5.25. The predicted molar refractivity (Wildman–Crippen MR) is 76.0 cm³/mol. The van der Waals surface area contributed by atoms with Crippen molar-refractivity contribution in [3.63, 3.8) is 0 Å². The lowest BCUT2D eigenvalue weighted by Gasteiger charge is -2.26. The molecule has 1 amide bonds. The first-order valence-corrected chi connectivity index (χ1v) is 7.34. The molecule has 4 nitrogen and oxygen atoms in total. The Labute approximate surface area is 119 Å². The van der Waals surface area contributed by atoms with Crippen molar-refractivity contribution in [2.75, 3.05) is 19.6 Å². The summed E-state index contributed by atoms with van der Waals surface area (Å²) in [5.41, 5.74) is 0.120. The maximum Gasteiger partial charge on any atom is 0.256 e. The molecule has 5 heteroatoms. The lowest BCUT2D eigenvalue weighted by Crippen LogP contribution is -2.42. The highest BCUT2D eigenvalue weighted by molar-refractivity contribution is 5.94. The number of carbonyl (C=O) groups excluding carboxylic acids is 1. The smallest absolute Gasteiger partial charge is 0.256 e. The fourth-order valence-corrected chi connectivity index (χ4v) is 2.52. The van der Waals surface area contributed by atoms with Crippen LogP contribution in [0.3, 0.4) is 0 Å². The second-order valence-electron chi connectivity index (χ2n) is 5.25. The molecule has 20 heavy (non-hydrogen) atoms. The second kappa shape index (κ2) is 7.33. The number of halogens is 1. The number of unbranched alkanes of at least 4 members (excludes halogenated alkanes) is 1. The number of amides is 1. The number of hydrogen-bond acceptors (Lipinski definition) is 3. The van der Waals surface area contributed by atoms with Crippen molar-refractivity contribution in [2.45, 2.75) is 38.6 Å². The summed E-state index contributed by atoms with van der Waals surface area (Å²) in [6.07, 6.45) is 6.73. The third kappa shape index (κ3) is 3.76. The fraction of sp³-hybridized carbons (Fsp3) is 0.600. The molecule has 1 aliphatic rings. The van der Waals surface area contributed by atoms with Crippen LogP contribution in [0.2, 0.25) is 0 Å². The van der Waals surface area contributed by atoms with Crippen LogP contribution < -0.4 is 5.32 Å². The molecule has 0 spiro atoms. The van der Waals surface area contributed by atoms with Crippen molar-refractivity contribution in [3.8, 4) is 0 Å². The zero-order valence-electron chi connectivity index (χ0n) is 11.9. The molecule has 2 rings (SSSR count). The van der Waals surface area contributed by atoms with Crippen LogP contribution in [0, 0.1) is 5.82 Å². The average Bonchev–Trinajstić information content (AvgIpc) is 2.96. The van der Waals surface area contributed by atoms with Crippen LogP contribution in [-0.4, -0.2) is 41.5 Å². The maximum atomic E-state index is 13.7. The zero-order valence-corrected chi connectivity index (χ0v) is 11.9. The number of pyridine rings is 1. The van der Waals surface area contributed by atoms with E-state index in [9.17, 15) is 9.18 Å². The van der Waals surface area contributed by atoms with Gasteiger partial charge in [0.25, 0.3) is 5.91 Å². The molecule has 0 bridgehead atoms. The Morgan fingerprint density at radius 3 is 3.10 bits per heavy atom. The molecule has 0 radical (unpaired) electrons. The Kier molecular flexibility index (Phi) is 5.47. The van der Waals surface area contributed by atoms with Gasteiger partial charge in [-0.25, -0.2) is 4.39 Å². The highest BCUT2D eigenvalue weighted by atomic mass is 19.1. The van der Waals surface area contributed by atoms with Crippen molar-refractivity contribution >= 4 is 5.91 Å². The van der Waals surface area contributed by atoms with Crippen LogP contribution in [0.4, 0.5) is 4.39 Å². The molecule has 1 fully saturated rings. The van der Waals surface area contributed by atoms with Crippen molar-refractivity contribution in [3.05, 3.63) is 29.8 Å². The fourth-order valence-electron chi connectivity index (χ4n) is 2.52. The summed E-state index contributed by atoms with van der Waals surface area (Å²) in [6, 6.07) is 1.79. The standard InChI is InChI=1S/C15H22FN3O/c1-2-3-9-19(11-12-5-4-7-18-12)15(20)13-6-8-17-10-14(13)16/h6,8,10,12,18H,2-5,7,9,11H2,1H3. The minimum atomic E-state index is -0.543. The summed E-state index contributed by atoms with van der Waals surface area (Å²) < 4.78 is 13.7. The summed E-state index contributed by atoms with van der Waals surface area (Å²) in [4.78, 5) is 18.0. The number of nitrogens with zero attached hydrogens (tertiary/aromatic N) is 2. The van der Waals surface area contributed by atoms with Crippen LogP contribution in [0.25, 0.3) is 0 Å². The van der Waals surface area contributed by atoms with Crippen LogP contribution in [0.1, 0.15) is 43.0 Å². The number of aromatic nitrogens is 1. The summed E-state index contributed by atoms with van der Waals surface area (Å²) in [7, 11) is 0. The minimum Gasteiger partial charge on any atom is -0.337 e. The SMILES string of the molecule is CCCCN(CC1CCCN1)C(=O)c1ccncc1F. The van der Waals surface area contributed by atoms with Crippen LogP contribution in [0.15, 0.2) is 18.5 Å². The van der Waals surface area contributed by atoms with Gasteiger partial charge >= 0.3 is 0 Å². The van der Waals surface area contributed by atoms with Gasteiger partial charge in [0.2, 0.25) is 0 Å². The van der Waals surface area contributed by atoms with E-state index in [1.807, 2.05) is 0 Å². The first kappa shape index (κ1) is 14.9. The first-order valence-electron chi connectivity index (χ1n) is 7.34. The van der Waals surface area contributed by atoms with Crippen molar-refractivity contribution in [1.82, 2.24) is 15.2 Å². The van der Waals surface area contributed by atoms with Gasteiger partial charge in [0.1, 0.15) is 0 Å². The van der Waals surface area contributed by atoms with E-state index in [1.165, 1.54) is 12.3 Å². The van der Waals surface area contributed by atoms with Gasteiger partial charge in [-0.15, -0.1) is 0 Å². The third-order valence-corrected chi connectivity index (χ3v) is 3.67. The summed E-state index contributed by atoms with van der Waals surface area (Å²) >= 11 is 0. The van der Waals surface area contributed by atoms with Crippen molar-refractivity contribution in [1.29, 1.82) is 0 Å². The molecule has 1 aliphatic heterocycles. The first-order chi connectivity index (χ1) is 9.72. The topological polar surface area (TPSA) is 45.2 Å². The summed E-state index contributed by atoms with van der Waals surface area (Å²) in [5, 5.41) is 3.38. The Morgan fingerprint density at radius 1 is 1.60 bits per heavy atom. The zero-order chi connectivity index (χ0) is 14.4. The Hall–Kier alpha value is -1.49. The maximum absolute atomic E-state index is 13.7. The number of hydrogen-bond donors (Lipinski definition) is 1. The van der Waals surface area contributed by atoms with E-state index in [1.54, 1.807) is 4.90 Å². The van der Waals surface area contributed by atoms with E-state index in [4.69, 9.17) is 0 Å². The van der Waals surface area contributed by atoms with Gasteiger partial charge in [0, 0.05) is 25.3 Å². The normalized spacial score (nSPS) is 18.2. The Bertz CT molecular complexity index is 446. The van der Waals surface area contributed by atoms with Crippen molar-refractivity contribution in [2.24, 2.45) is 0 Å². The van der Waals surface area contributed by atoms with Gasteiger partial charge in [0.15, 0.2) is 5.82 Å². The summed E-state index contributed by atoms with van der Waals surface area (Å²) in [5.74, 6) is -0.773. The minimum absolute atomic E-state index is 0.120. The highest BCUT2D eigenvalue weighted by Crippen LogP contribution is 2.13. The molecule has 1 saturated heterocycles. The van der Waals surface area contributed by atoms with Gasteiger partial charge < -0.3 is 10.2 Å². The molecule has 2 heterocycles. The quantitative estimate of drug-likeness (QED) is 0.868. The molecule has 1 N–H and O–H groups in total. The van der Waals surface area contributed by atoms with E-state index in [0.29, 0.717) is 19.1 Å². The largest absolute Gasteiger partial charge is 0.337 e. The van der Waals surface area contributed by atoms with Crippen LogP contribution >= 0.6 is 0 Å². The monoisotopic (exact) mass is 279 g/mol. The van der Waals surface area contributed by atoms with Crippen LogP contribution in [0.5, 0.6) is 0 Å². The van der Waals surface area contributed by atoms with E-state index in [2.05, 4.69) is 17.2 Å². The molecule has 1 aromatic heterocycles. The molecule has 0 aromatic carbocycles. The molecular weight excluding hydrogens is 257 g/mol. The molecule has 1 aromatic rings. The lowest BCUT2D eigenvalue weighted by atomic mass is 10.1. The van der Waals surface area contributed by atoms with Gasteiger partial charge in [-0.05, 0) is 31.9 Å². The average molecular weight is 279 g/mol. The van der Waals surface area contributed by atoms with Gasteiger partial charge in [-0.1, -0.05) is 13.3 Å². The molecular formula is C15H22FN3O. The van der Waals surface area contributed by atoms with Gasteiger partial charge in [0.05, 0.1) is 11.8 Å². The lowest BCUT2D eigenvalue weighted by molar-refractivity contribution is 0.0734. The van der Waals surface area contributed by atoms with E-state index in [-0.39, 0.29) is 11.5 Å². The van der Waals surface area contributed by atoms with E-state index >= 15 is 0 Å². The van der Waals surface area contributed by atoms with Gasteiger partial charge in [-0.2, -0.15) is 0 Å².